The van der Waals surface area contributed by atoms with Gasteiger partial charge in [0.05, 0.1) is 16.1 Å². The monoisotopic (exact) mass is 422 g/mol. The average molecular weight is 423 g/mol. The molecule has 1 aromatic carbocycles. The molecule has 2 N–H and O–H groups in total. The van der Waals surface area contributed by atoms with Crippen LogP contribution >= 0.6 is 34.7 Å². The number of hydrazine groups is 1. The van der Waals surface area contributed by atoms with Gasteiger partial charge in [0.25, 0.3) is 11.8 Å². The Balaban J connectivity index is 1.66. The molecule has 27 heavy (non-hydrogen) atoms. The lowest BCUT2D eigenvalue weighted by Crippen LogP contribution is -2.41. The Morgan fingerprint density at radius 2 is 1.81 bits per heavy atom. The van der Waals surface area contributed by atoms with Crippen LogP contribution in [0.2, 0.25) is 5.02 Å². The summed E-state index contributed by atoms with van der Waals surface area (Å²) in [7, 11) is 0. The van der Waals surface area contributed by atoms with Crippen molar-refractivity contribution in [2.75, 3.05) is 6.26 Å². The van der Waals surface area contributed by atoms with Crippen molar-refractivity contribution in [3.05, 3.63) is 64.0 Å². The van der Waals surface area contributed by atoms with Crippen LogP contribution in [0.1, 0.15) is 20.2 Å². The van der Waals surface area contributed by atoms with Crippen molar-refractivity contribution < 1.29 is 14.0 Å². The first kappa shape index (κ1) is 19.3. The Hall–Kier alpha value is -2.49. The number of nitrogens with zero attached hydrogens (tertiary/aromatic N) is 2. The van der Waals surface area contributed by atoms with Gasteiger partial charge in [0.2, 0.25) is 0 Å². The lowest BCUT2D eigenvalue weighted by atomic mass is 10.2. The number of rotatable bonds is 4. The molecule has 0 atom stereocenters. The number of halogens is 2. The van der Waals surface area contributed by atoms with E-state index in [1.54, 1.807) is 30.5 Å². The summed E-state index contributed by atoms with van der Waals surface area (Å²) in [4.78, 5) is 33.6. The molecule has 3 rings (SSSR count). The minimum absolute atomic E-state index is 0.0329. The van der Waals surface area contributed by atoms with E-state index in [0.29, 0.717) is 10.0 Å². The van der Waals surface area contributed by atoms with Gasteiger partial charge in [-0.05, 0) is 36.1 Å². The number of nitrogens with one attached hydrogen (secondary N) is 2. The Labute approximate surface area is 167 Å². The molecule has 6 nitrogen and oxygen atoms in total. The lowest BCUT2D eigenvalue weighted by molar-refractivity contribution is 0.0845. The Morgan fingerprint density at radius 1 is 1.11 bits per heavy atom. The Morgan fingerprint density at radius 3 is 2.52 bits per heavy atom. The highest BCUT2D eigenvalue weighted by molar-refractivity contribution is 7.98. The lowest BCUT2D eigenvalue weighted by Gasteiger charge is -2.07. The fourth-order valence-corrected chi connectivity index (χ4v) is 3.50. The topological polar surface area (TPSA) is 84.0 Å². The van der Waals surface area contributed by atoms with E-state index in [1.165, 1.54) is 41.4 Å². The van der Waals surface area contributed by atoms with Crippen molar-refractivity contribution in [3.63, 3.8) is 0 Å². The number of benzene rings is 1. The fraction of sp³-hybridized carbons (Fsp3) is 0.0588. The fourth-order valence-electron chi connectivity index (χ4n) is 2.07. The van der Waals surface area contributed by atoms with Crippen LogP contribution in [0.15, 0.2) is 47.8 Å². The summed E-state index contributed by atoms with van der Waals surface area (Å²) >= 11 is 8.41. The molecule has 10 heteroatoms. The van der Waals surface area contributed by atoms with Crippen LogP contribution in [0.4, 0.5) is 4.39 Å². The normalized spacial score (nSPS) is 10.5. The van der Waals surface area contributed by atoms with Crippen LogP contribution in [0, 0.1) is 5.82 Å². The maximum absolute atomic E-state index is 13.0. The molecule has 0 aliphatic rings. The summed E-state index contributed by atoms with van der Waals surface area (Å²) in [5.41, 5.74) is 5.36. The summed E-state index contributed by atoms with van der Waals surface area (Å²) in [6, 6.07) is 9.33. The molecule has 0 fully saturated rings. The highest BCUT2D eigenvalue weighted by Crippen LogP contribution is 2.28. The van der Waals surface area contributed by atoms with Gasteiger partial charge in [-0.15, -0.1) is 11.3 Å². The van der Waals surface area contributed by atoms with E-state index in [0.717, 1.165) is 10.4 Å². The highest BCUT2D eigenvalue weighted by Gasteiger charge is 2.16. The number of aromatic nitrogens is 2. The molecule has 0 aliphatic heterocycles. The summed E-state index contributed by atoms with van der Waals surface area (Å²) in [6.45, 7) is 0. The van der Waals surface area contributed by atoms with E-state index in [1.807, 2.05) is 0 Å². The first-order valence-electron chi connectivity index (χ1n) is 7.51. The van der Waals surface area contributed by atoms with Crippen molar-refractivity contribution in [1.29, 1.82) is 0 Å². The zero-order chi connectivity index (χ0) is 19.4. The molecule has 0 unspecified atom stereocenters. The van der Waals surface area contributed by atoms with Crippen molar-refractivity contribution in [1.82, 2.24) is 20.8 Å². The number of thiophene rings is 1. The second-order valence-corrected chi connectivity index (χ2v) is 7.40. The second-order valence-electron chi connectivity index (χ2n) is 5.13. The standard InChI is InChI=1S/C17H12ClFN4O2S2/c1-26-17-20-8-11(18)14(21-17)16(25)23-22-15(24)13-7-6-12(27-13)9-2-4-10(19)5-3-9/h2-8H,1H3,(H,22,24)(H,23,25). The van der Waals surface area contributed by atoms with Gasteiger partial charge in [0.15, 0.2) is 10.9 Å². The number of carbonyl (C=O) groups is 2. The van der Waals surface area contributed by atoms with Crippen LogP contribution in [0.5, 0.6) is 0 Å². The molecule has 2 aromatic heterocycles. The molecule has 2 amide bonds. The Bertz CT molecular complexity index is 995. The number of thioether (sulfide) groups is 1. The molecule has 0 radical (unpaired) electrons. The minimum atomic E-state index is -0.652. The molecule has 0 aliphatic carbocycles. The number of hydrogen-bond donors (Lipinski definition) is 2. The quantitative estimate of drug-likeness (QED) is 0.379. The van der Waals surface area contributed by atoms with Gasteiger partial charge >= 0.3 is 0 Å². The predicted molar refractivity (Wildman–Crippen MR) is 103 cm³/mol. The highest BCUT2D eigenvalue weighted by atomic mass is 35.5. The third-order valence-electron chi connectivity index (χ3n) is 3.37. The van der Waals surface area contributed by atoms with Crippen molar-refractivity contribution >= 4 is 46.5 Å². The molecular weight excluding hydrogens is 411 g/mol. The van der Waals surface area contributed by atoms with E-state index in [4.69, 9.17) is 11.6 Å². The number of hydrogen-bond acceptors (Lipinski definition) is 6. The van der Waals surface area contributed by atoms with Gasteiger partial charge in [-0.3, -0.25) is 20.4 Å². The first-order chi connectivity index (χ1) is 13.0. The zero-order valence-electron chi connectivity index (χ0n) is 13.8. The van der Waals surface area contributed by atoms with Gasteiger partial charge in [-0.1, -0.05) is 35.5 Å². The van der Waals surface area contributed by atoms with Crippen LogP contribution in [0.25, 0.3) is 10.4 Å². The van der Waals surface area contributed by atoms with Crippen molar-refractivity contribution in [3.8, 4) is 10.4 Å². The summed E-state index contributed by atoms with van der Waals surface area (Å²) in [5.74, 6) is -1.47. The third-order valence-corrected chi connectivity index (χ3v) is 5.34. The van der Waals surface area contributed by atoms with Crippen molar-refractivity contribution in [2.24, 2.45) is 0 Å². The van der Waals surface area contributed by atoms with E-state index >= 15 is 0 Å². The molecule has 138 valence electrons. The van der Waals surface area contributed by atoms with Crippen LogP contribution in [-0.2, 0) is 0 Å². The van der Waals surface area contributed by atoms with E-state index in [9.17, 15) is 14.0 Å². The smallest absolute Gasteiger partial charge is 0.266 e. The van der Waals surface area contributed by atoms with Crippen LogP contribution in [-0.4, -0.2) is 28.0 Å². The largest absolute Gasteiger partial charge is 0.289 e. The van der Waals surface area contributed by atoms with E-state index in [-0.39, 0.29) is 16.5 Å². The SMILES string of the molecule is CSc1ncc(Cl)c(C(=O)NNC(=O)c2ccc(-c3ccc(F)cc3)s2)n1. The number of amides is 2. The first-order valence-corrected chi connectivity index (χ1v) is 9.93. The van der Waals surface area contributed by atoms with Crippen LogP contribution < -0.4 is 10.9 Å². The average Bonchev–Trinajstić information content (AvgIpc) is 3.17. The van der Waals surface area contributed by atoms with Crippen LogP contribution in [0.3, 0.4) is 0 Å². The maximum atomic E-state index is 13.0. The zero-order valence-corrected chi connectivity index (χ0v) is 16.2. The van der Waals surface area contributed by atoms with Gasteiger partial charge in [0.1, 0.15) is 5.82 Å². The Kier molecular flexibility index (Phi) is 6.04. The predicted octanol–water partition coefficient (Wildman–Crippen LogP) is 3.79. The maximum Gasteiger partial charge on any atom is 0.289 e. The minimum Gasteiger partial charge on any atom is -0.266 e. The molecule has 0 bridgehead atoms. The molecule has 0 saturated heterocycles. The molecule has 0 saturated carbocycles. The van der Waals surface area contributed by atoms with Gasteiger partial charge < -0.3 is 0 Å². The molecule has 2 heterocycles. The van der Waals surface area contributed by atoms with Crippen molar-refractivity contribution in [2.45, 2.75) is 5.16 Å². The molecular formula is C17H12ClFN4O2S2. The van der Waals surface area contributed by atoms with Gasteiger partial charge in [-0.2, -0.15) is 0 Å². The van der Waals surface area contributed by atoms with Gasteiger partial charge in [0, 0.05) is 4.88 Å². The summed E-state index contributed by atoms with van der Waals surface area (Å²) in [6.07, 6.45) is 3.09. The van der Waals surface area contributed by atoms with Gasteiger partial charge in [-0.25, -0.2) is 14.4 Å². The second kappa shape index (κ2) is 8.47. The van der Waals surface area contributed by atoms with E-state index in [2.05, 4.69) is 20.8 Å². The molecule has 0 spiro atoms. The van der Waals surface area contributed by atoms with E-state index < -0.39 is 11.8 Å². The number of carbonyl (C=O) groups excluding carboxylic acids is 2. The molecule has 3 aromatic rings. The summed E-state index contributed by atoms with van der Waals surface area (Å²) in [5, 5.41) is 0.465. The summed E-state index contributed by atoms with van der Waals surface area (Å²) < 4.78 is 13.0. The third kappa shape index (κ3) is 4.62.